The lowest BCUT2D eigenvalue weighted by Crippen LogP contribution is -2.45. The van der Waals surface area contributed by atoms with E-state index in [2.05, 4.69) is 10.3 Å². The molecule has 1 heterocycles. The molecule has 122 valence electrons. The van der Waals surface area contributed by atoms with E-state index in [-0.39, 0.29) is 28.7 Å². The van der Waals surface area contributed by atoms with Gasteiger partial charge >= 0.3 is 0 Å². The van der Waals surface area contributed by atoms with Crippen LogP contribution in [0.4, 0.5) is 17.1 Å². The minimum absolute atomic E-state index is 0.0488. The molecule has 0 bridgehead atoms. The number of hydrogen-bond donors (Lipinski definition) is 1. The van der Waals surface area contributed by atoms with Gasteiger partial charge in [-0.2, -0.15) is 0 Å². The molecule has 1 aromatic carbocycles. The molecule has 0 radical (unpaired) electrons. The molecule has 6 heteroatoms. The standard InChI is InChI=1S/C17H21N3O3/c1-10(17(3,4)5)19-13-14(16(23)15(13)22)20(11(2)21)12-7-6-8-18-9-12/h6-10,19H,1-5H3. The van der Waals surface area contributed by atoms with Crippen LogP contribution in [-0.2, 0) is 4.79 Å². The van der Waals surface area contributed by atoms with Gasteiger partial charge in [0, 0.05) is 19.2 Å². The van der Waals surface area contributed by atoms with Gasteiger partial charge in [0.1, 0.15) is 11.4 Å². The molecular formula is C17H21N3O3. The lowest BCUT2D eigenvalue weighted by atomic mass is 9.87. The first kappa shape index (κ1) is 16.9. The maximum Gasteiger partial charge on any atom is 0.254 e. The summed E-state index contributed by atoms with van der Waals surface area (Å²) in [7, 11) is 0. The second-order valence-electron chi connectivity index (χ2n) is 6.68. The maximum absolute atomic E-state index is 12.1. The number of rotatable bonds is 4. The Balaban J connectivity index is 2.47. The second kappa shape index (κ2) is 5.95. The number of aromatic nitrogens is 1. The van der Waals surface area contributed by atoms with Crippen molar-refractivity contribution in [2.75, 3.05) is 10.2 Å². The van der Waals surface area contributed by atoms with E-state index in [1.165, 1.54) is 18.0 Å². The zero-order valence-corrected chi connectivity index (χ0v) is 14.0. The number of nitrogens with one attached hydrogen (secondary N) is 1. The van der Waals surface area contributed by atoms with Gasteiger partial charge in [0.2, 0.25) is 5.91 Å². The Morgan fingerprint density at radius 1 is 1.26 bits per heavy atom. The molecule has 0 saturated heterocycles. The Labute approximate surface area is 134 Å². The molecule has 23 heavy (non-hydrogen) atoms. The molecule has 0 spiro atoms. The van der Waals surface area contributed by atoms with Gasteiger partial charge in [-0.3, -0.25) is 24.3 Å². The predicted octanol–water partition coefficient (Wildman–Crippen LogP) is 2.21. The van der Waals surface area contributed by atoms with Crippen molar-refractivity contribution in [3.05, 3.63) is 45.0 Å². The van der Waals surface area contributed by atoms with E-state index in [9.17, 15) is 14.4 Å². The normalized spacial score (nSPS) is 12.9. The summed E-state index contributed by atoms with van der Waals surface area (Å²) < 4.78 is 0. The van der Waals surface area contributed by atoms with Crippen molar-refractivity contribution in [2.45, 2.75) is 40.7 Å². The minimum atomic E-state index is -0.660. The number of anilines is 3. The van der Waals surface area contributed by atoms with Crippen molar-refractivity contribution in [3.63, 3.8) is 0 Å². The summed E-state index contributed by atoms with van der Waals surface area (Å²) in [5, 5.41) is 3.09. The SMILES string of the molecule is CC(=O)N(c1cccnc1)c1c(NC(C)C(C)(C)C)c(=O)c1=O. The van der Waals surface area contributed by atoms with E-state index >= 15 is 0 Å². The number of hydrogen-bond acceptors (Lipinski definition) is 5. The first-order valence-electron chi connectivity index (χ1n) is 7.45. The van der Waals surface area contributed by atoms with Crippen LogP contribution in [0.2, 0.25) is 0 Å². The molecule has 1 amide bonds. The largest absolute Gasteiger partial charge is 0.377 e. The molecule has 1 unspecified atom stereocenters. The van der Waals surface area contributed by atoms with E-state index in [4.69, 9.17) is 0 Å². The first-order valence-corrected chi connectivity index (χ1v) is 7.45. The second-order valence-corrected chi connectivity index (χ2v) is 6.68. The maximum atomic E-state index is 12.1. The van der Waals surface area contributed by atoms with E-state index in [0.717, 1.165) is 0 Å². The molecule has 2 rings (SSSR count). The minimum Gasteiger partial charge on any atom is -0.377 e. The summed E-state index contributed by atoms with van der Waals surface area (Å²) in [6, 6.07) is 3.29. The van der Waals surface area contributed by atoms with E-state index in [1.807, 2.05) is 27.7 Å². The monoisotopic (exact) mass is 315 g/mol. The molecule has 1 aromatic heterocycles. The van der Waals surface area contributed by atoms with Gasteiger partial charge in [-0.1, -0.05) is 20.8 Å². The van der Waals surface area contributed by atoms with Crippen LogP contribution in [0.1, 0.15) is 34.6 Å². The van der Waals surface area contributed by atoms with Crippen molar-refractivity contribution in [3.8, 4) is 0 Å². The average Bonchev–Trinajstić information content (AvgIpc) is 2.49. The molecule has 0 aliphatic carbocycles. The van der Waals surface area contributed by atoms with Crippen LogP contribution in [-0.4, -0.2) is 16.9 Å². The lowest BCUT2D eigenvalue weighted by Gasteiger charge is -2.32. The number of carbonyl (C=O) groups excluding carboxylic acids is 1. The molecule has 1 N–H and O–H groups in total. The van der Waals surface area contributed by atoms with Crippen LogP contribution in [0.3, 0.4) is 0 Å². The summed E-state index contributed by atoms with van der Waals surface area (Å²) in [5.74, 6) is -0.350. The highest BCUT2D eigenvalue weighted by Gasteiger charge is 2.32. The molecule has 0 saturated carbocycles. The molecule has 0 fully saturated rings. The third kappa shape index (κ3) is 3.16. The Hall–Kier alpha value is -2.50. The number of nitrogens with zero attached hydrogens (tertiary/aromatic N) is 2. The summed E-state index contributed by atoms with van der Waals surface area (Å²) in [6.07, 6.45) is 3.06. The van der Waals surface area contributed by atoms with E-state index < -0.39 is 10.9 Å². The fraction of sp³-hybridized carbons (Fsp3) is 0.412. The Morgan fingerprint density at radius 3 is 2.39 bits per heavy atom. The van der Waals surface area contributed by atoms with Gasteiger partial charge in [0.15, 0.2) is 0 Å². The summed E-state index contributed by atoms with van der Waals surface area (Å²) >= 11 is 0. The highest BCUT2D eigenvalue weighted by Crippen LogP contribution is 2.30. The summed E-state index contributed by atoms with van der Waals surface area (Å²) in [4.78, 5) is 41.3. The van der Waals surface area contributed by atoms with E-state index in [1.54, 1.807) is 18.3 Å². The molecular weight excluding hydrogens is 294 g/mol. The number of pyridine rings is 1. The average molecular weight is 315 g/mol. The zero-order valence-electron chi connectivity index (χ0n) is 14.0. The molecule has 6 nitrogen and oxygen atoms in total. The zero-order chi connectivity index (χ0) is 17.4. The molecule has 1 atom stereocenters. The van der Waals surface area contributed by atoms with Crippen LogP contribution in [0, 0.1) is 5.41 Å². The Bertz CT molecular complexity index is 784. The van der Waals surface area contributed by atoms with Crippen LogP contribution in [0.25, 0.3) is 0 Å². The fourth-order valence-corrected chi connectivity index (χ4v) is 2.11. The first-order chi connectivity index (χ1) is 10.6. The topological polar surface area (TPSA) is 79.4 Å². The van der Waals surface area contributed by atoms with Crippen molar-refractivity contribution in [1.29, 1.82) is 0 Å². The molecule has 0 aliphatic rings. The lowest BCUT2D eigenvalue weighted by molar-refractivity contribution is -0.115. The number of amides is 1. The number of carbonyl (C=O) groups is 1. The third-order valence-corrected chi connectivity index (χ3v) is 3.99. The quantitative estimate of drug-likeness (QED) is 0.875. The van der Waals surface area contributed by atoms with Crippen molar-refractivity contribution in [2.24, 2.45) is 5.41 Å². The van der Waals surface area contributed by atoms with E-state index in [0.29, 0.717) is 5.69 Å². The Morgan fingerprint density at radius 2 is 1.91 bits per heavy atom. The third-order valence-electron chi connectivity index (χ3n) is 3.99. The fourth-order valence-electron chi connectivity index (χ4n) is 2.11. The summed E-state index contributed by atoms with van der Waals surface area (Å²) in [5.41, 5.74) is -0.618. The van der Waals surface area contributed by atoms with Crippen LogP contribution >= 0.6 is 0 Å². The van der Waals surface area contributed by atoms with Gasteiger partial charge in [0.05, 0.1) is 11.9 Å². The van der Waals surface area contributed by atoms with Crippen LogP contribution in [0.15, 0.2) is 34.1 Å². The summed E-state index contributed by atoms with van der Waals surface area (Å²) in [6.45, 7) is 9.36. The van der Waals surface area contributed by atoms with Gasteiger partial charge in [-0.25, -0.2) is 0 Å². The predicted molar refractivity (Wildman–Crippen MR) is 91.0 cm³/mol. The highest BCUT2D eigenvalue weighted by atomic mass is 16.2. The van der Waals surface area contributed by atoms with Gasteiger partial charge in [-0.05, 0) is 24.5 Å². The van der Waals surface area contributed by atoms with Gasteiger partial charge < -0.3 is 5.32 Å². The highest BCUT2D eigenvalue weighted by molar-refractivity contribution is 6.03. The van der Waals surface area contributed by atoms with Crippen LogP contribution < -0.4 is 21.1 Å². The van der Waals surface area contributed by atoms with Crippen molar-refractivity contribution < 1.29 is 4.79 Å². The van der Waals surface area contributed by atoms with Crippen LogP contribution in [0.5, 0.6) is 0 Å². The van der Waals surface area contributed by atoms with Crippen molar-refractivity contribution in [1.82, 2.24) is 4.98 Å². The van der Waals surface area contributed by atoms with Crippen molar-refractivity contribution >= 4 is 23.0 Å². The Kier molecular flexibility index (Phi) is 4.36. The van der Waals surface area contributed by atoms with Gasteiger partial charge in [0.25, 0.3) is 10.9 Å². The molecule has 0 aliphatic heterocycles. The molecule has 2 aromatic rings. The van der Waals surface area contributed by atoms with Gasteiger partial charge in [-0.15, -0.1) is 0 Å². The smallest absolute Gasteiger partial charge is 0.254 e.